The van der Waals surface area contributed by atoms with Gasteiger partial charge in [0, 0.05) is 49.5 Å². The second-order valence-corrected chi connectivity index (χ2v) is 18.8. The zero-order chi connectivity index (χ0) is 45.2. The first kappa shape index (κ1) is 49.3. The van der Waals surface area contributed by atoms with E-state index in [0.29, 0.717) is 43.8 Å². The number of oxime groups is 1. The number of nitrogens with zero attached hydrogens (tertiary/aromatic N) is 2. The molecule has 0 aromatic heterocycles. The number of rotatable bonds is 28. The van der Waals surface area contributed by atoms with Gasteiger partial charge in [-0.15, -0.1) is 18.3 Å². The van der Waals surface area contributed by atoms with Crippen LogP contribution in [0.1, 0.15) is 133 Å². The van der Waals surface area contributed by atoms with E-state index >= 15 is 0 Å². The summed E-state index contributed by atoms with van der Waals surface area (Å²) in [5, 5.41) is 24.9. The maximum absolute atomic E-state index is 14.5. The Morgan fingerprint density at radius 2 is 1.58 bits per heavy atom. The Bertz CT molecular complexity index is 1950. The van der Waals surface area contributed by atoms with Crippen molar-refractivity contribution in [2.75, 3.05) is 33.1 Å². The van der Waals surface area contributed by atoms with Crippen molar-refractivity contribution in [3.05, 3.63) is 108 Å². The molecule has 0 radical (unpaired) electrons. The number of carbonyl (C=O) groups is 1. The smallest absolute Gasteiger partial charge is 0.239 e. The van der Waals surface area contributed by atoms with Crippen LogP contribution in [0.25, 0.3) is 0 Å². The van der Waals surface area contributed by atoms with Crippen LogP contribution in [0, 0.1) is 17.8 Å². The second kappa shape index (κ2) is 25.6. The lowest BCUT2D eigenvalue weighted by Gasteiger charge is -2.59. The van der Waals surface area contributed by atoms with Gasteiger partial charge in [-0.2, -0.15) is 0 Å². The highest BCUT2D eigenvalue weighted by atomic mass is 32.2. The molecule has 9 nitrogen and oxygen atoms in total. The summed E-state index contributed by atoms with van der Waals surface area (Å²) in [7, 11) is 1.91. The van der Waals surface area contributed by atoms with E-state index in [2.05, 4.69) is 44.0 Å². The van der Waals surface area contributed by atoms with Gasteiger partial charge in [-0.1, -0.05) is 119 Å². The SMILES string of the molecule is C=CCO[C@@]12Oc3ccc(Oc4ccc(SC)cc4)cc3[C@H]3[C@H](CCCCO)[C@@H](CCCCO)C=C(C(=NOCc4ccccc4)C[C@@H]1N(C)C(=O)CCCCCCCCCCC)[C@H]32. The zero-order valence-corrected chi connectivity index (χ0v) is 39.6. The fourth-order valence-electron chi connectivity index (χ4n) is 10.3. The Morgan fingerprint density at radius 1 is 0.891 bits per heavy atom. The third-order valence-electron chi connectivity index (χ3n) is 13.5. The Balaban J connectivity index is 1.43. The number of hydrogen-bond donors (Lipinski definition) is 2. The molecule has 3 aromatic rings. The van der Waals surface area contributed by atoms with Gasteiger partial charge in [0.05, 0.1) is 18.2 Å². The molecule has 3 aliphatic rings. The molecule has 6 rings (SSSR count). The van der Waals surface area contributed by atoms with E-state index in [1.54, 1.807) is 17.8 Å². The second-order valence-electron chi connectivity index (χ2n) is 17.9. The van der Waals surface area contributed by atoms with Crippen LogP contribution < -0.4 is 9.47 Å². The quantitative estimate of drug-likeness (QED) is 0.0321. The van der Waals surface area contributed by atoms with Crippen LogP contribution in [0.15, 0.2) is 107 Å². The van der Waals surface area contributed by atoms with Crippen molar-refractivity contribution in [2.45, 2.75) is 145 Å². The number of thioether (sulfide) groups is 1. The summed E-state index contributed by atoms with van der Waals surface area (Å²) >= 11 is 1.69. The van der Waals surface area contributed by atoms with Crippen molar-refractivity contribution >= 4 is 23.4 Å². The van der Waals surface area contributed by atoms with Crippen LogP contribution >= 0.6 is 11.8 Å². The van der Waals surface area contributed by atoms with E-state index < -0.39 is 11.8 Å². The first-order valence-corrected chi connectivity index (χ1v) is 25.4. The number of aliphatic hydroxyl groups is 2. The molecular formula is C54H74N2O7S. The number of ether oxygens (including phenoxy) is 3. The van der Waals surface area contributed by atoms with Crippen LogP contribution in [0.4, 0.5) is 0 Å². The van der Waals surface area contributed by atoms with Crippen LogP contribution in [0.3, 0.4) is 0 Å². The van der Waals surface area contributed by atoms with Gasteiger partial charge in [-0.05, 0) is 104 Å². The molecule has 2 aliphatic carbocycles. The highest BCUT2D eigenvalue weighted by Gasteiger charge is 2.65. The van der Waals surface area contributed by atoms with Crippen molar-refractivity contribution in [1.82, 2.24) is 4.90 Å². The van der Waals surface area contributed by atoms with Gasteiger partial charge < -0.3 is 34.2 Å². The molecule has 1 amide bonds. The number of hydrogen-bond acceptors (Lipinski definition) is 9. The molecule has 1 aliphatic heterocycles. The molecule has 0 bridgehead atoms. The van der Waals surface area contributed by atoms with Crippen LogP contribution in [0.5, 0.6) is 17.2 Å². The minimum Gasteiger partial charge on any atom is -0.459 e. The monoisotopic (exact) mass is 895 g/mol. The van der Waals surface area contributed by atoms with Crippen LogP contribution in [0.2, 0.25) is 0 Å². The molecule has 0 spiro atoms. The van der Waals surface area contributed by atoms with Gasteiger partial charge >= 0.3 is 0 Å². The molecular weight excluding hydrogens is 821 g/mol. The summed E-state index contributed by atoms with van der Waals surface area (Å²) in [5.74, 6) is 0.712. The minimum atomic E-state index is -1.28. The Morgan fingerprint density at radius 3 is 2.27 bits per heavy atom. The molecule has 3 aromatic carbocycles. The normalized spacial score (nSPS) is 22.8. The van der Waals surface area contributed by atoms with E-state index in [1.165, 1.54) is 38.5 Å². The zero-order valence-electron chi connectivity index (χ0n) is 38.8. The molecule has 1 heterocycles. The predicted molar refractivity (Wildman–Crippen MR) is 259 cm³/mol. The lowest BCUT2D eigenvalue weighted by Crippen LogP contribution is -2.69. The summed E-state index contributed by atoms with van der Waals surface area (Å²) in [6.07, 6.45) is 22.5. The Labute approximate surface area is 387 Å². The molecule has 0 saturated heterocycles. The number of benzene rings is 3. The summed E-state index contributed by atoms with van der Waals surface area (Å²) in [4.78, 5) is 23.8. The van der Waals surface area contributed by atoms with E-state index in [1.807, 2.05) is 66.5 Å². The molecule has 348 valence electrons. The Hall–Kier alpha value is -4.09. The molecule has 1 saturated carbocycles. The van der Waals surface area contributed by atoms with Crippen LogP contribution in [-0.2, 0) is 21.0 Å². The van der Waals surface area contributed by atoms with Gasteiger partial charge in [0.15, 0.2) is 0 Å². The van der Waals surface area contributed by atoms with Gasteiger partial charge in [0.25, 0.3) is 0 Å². The van der Waals surface area contributed by atoms with Gasteiger partial charge in [0.2, 0.25) is 11.7 Å². The fraction of sp³-hybridized carbons (Fsp3) is 0.556. The lowest BCUT2D eigenvalue weighted by molar-refractivity contribution is -0.255. The highest BCUT2D eigenvalue weighted by molar-refractivity contribution is 7.98. The molecule has 0 unspecified atom stereocenters. The van der Waals surface area contributed by atoms with Crippen molar-refractivity contribution in [2.24, 2.45) is 22.9 Å². The minimum absolute atomic E-state index is 0.0610. The fourth-order valence-corrected chi connectivity index (χ4v) is 10.7. The van der Waals surface area contributed by atoms with Gasteiger partial charge in [-0.3, -0.25) is 4.79 Å². The average molecular weight is 895 g/mol. The topological polar surface area (TPSA) is 110 Å². The third-order valence-corrected chi connectivity index (χ3v) is 14.3. The van der Waals surface area contributed by atoms with E-state index in [9.17, 15) is 15.0 Å². The van der Waals surface area contributed by atoms with Crippen LogP contribution in [-0.4, -0.2) is 71.7 Å². The number of amides is 1. The first-order valence-electron chi connectivity index (χ1n) is 24.2. The molecule has 6 atom stereocenters. The van der Waals surface area contributed by atoms with Crippen molar-refractivity contribution in [3.63, 3.8) is 0 Å². The van der Waals surface area contributed by atoms with E-state index in [0.717, 1.165) is 78.0 Å². The predicted octanol–water partition coefficient (Wildman–Crippen LogP) is 12.4. The number of allylic oxidation sites excluding steroid dienone is 1. The van der Waals surface area contributed by atoms with Gasteiger partial charge in [0.1, 0.15) is 29.9 Å². The number of fused-ring (bicyclic) bond motifs is 2. The largest absolute Gasteiger partial charge is 0.459 e. The maximum atomic E-state index is 14.5. The van der Waals surface area contributed by atoms with Crippen molar-refractivity contribution in [1.29, 1.82) is 0 Å². The van der Waals surface area contributed by atoms with E-state index in [4.69, 9.17) is 24.2 Å². The molecule has 64 heavy (non-hydrogen) atoms. The standard InChI is InChI=1S/C54H74N2O7S/c1-5-7-8-9-10-11-12-13-17-26-51(59)56(3)50-38-48(55-61-39-40-22-15-14-16-23-40)46-36-41(24-18-20-33-57)45(25-19-21-34-58)52-47-37-43(62-42-27-30-44(64-4)31-28-42)29-32-49(47)63-54(50,53(46)52)60-35-6-2/h6,14-16,22-23,27-32,36-37,41,45,50,52-53,57-58H,2,5,7-13,17-21,24-26,33-35,38-39H2,1,3-4H3/t41-,45+,50-,52+,53+,54+/m0/s1. The first-order chi connectivity index (χ1) is 31.4. The highest BCUT2D eigenvalue weighted by Crippen LogP contribution is 2.62. The van der Waals surface area contributed by atoms with Crippen molar-refractivity contribution in [3.8, 4) is 17.2 Å². The maximum Gasteiger partial charge on any atom is 0.239 e. The van der Waals surface area contributed by atoms with E-state index in [-0.39, 0.29) is 49.4 Å². The number of likely N-dealkylation sites (N-methyl/N-ethyl adjacent to an activating group) is 1. The molecule has 10 heteroatoms. The number of carbonyl (C=O) groups excluding carboxylic acids is 1. The van der Waals surface area contributed by atoms with Crippen molar-refractivity contribution < 1.29 is 34.1 Å². The third kappa shape index (κ3) is 12.6. The molecule has 2 N–H and O–H groups in total. The summed E-state index contributed by atoms with van der Waals surface area (Å²) < 4.78 is 21.0. The lowest BCUT2D eigenvalue weighted by atomic mass is 9.55. The number of unbranched alkanes of at least 4 members (excludes halogenated alkanes) is 10. The summed E-state index contributed by atoms with van der Waals surface area (Å²) in [6, 6.07) is 23.7. The average Bonchev–Trinajstić information content (AvgIpc) is 3.32. The Kier molecular flexibility index (Phi) is 19.7. The number of aliphatic hydroxyl groups excluding tert-OH is 2. The van der Waals surface area contributed by atoms with Gasteiger partial charge in [-0.25, -0.2) is 0 Å². The summed E-state index contributed by atoms with van der Waals surface area (Å²) in [6.45, 7) is 7.12. The summed E-state index contributed by atoms with van der Waals surface area (Å²) in [5.41, 5.74) is 3.87. The molecule has 1 fully saturated rings.